The molecule has 22 heavy (non-hydrogen) atoms. The molecular weight excluding hydrogens is 274 g/mol. The highest BCUT2D eigenvalue weighted by Gasteiger charge is 2.14. The second kappa shape index (κ2) is 5.90. The number of ether oxygens (including phenoxy) is 1. The maximum atomic E-state index is 9.14. The number of imidazole rings is 1. The van der Waals surface area contributed by atoms with Crippen molar-refractivity contribution in [1.82, 2.24) is 9.38 Å². The molecule has 0 aliphatic heterocycles. The lowest BCUT2D eigenvalue weighted by atomic mass is 10.1. The number of fused-ring (bicyclic) bond motifs is 1. The molecule has 0 amide bonds. The number of nitriles is 1. The van der Waals surface area contributed by atoms with Crippen molar-refractivity contribution in [3.05, 3.63) is 53.9 Å². The maximum Gasteiger partial charge on any atom is 0.137 e. The highest BCUT2D eigenvalue weighted by molar-refractivity contribution is 5.67. The van der Waals surface area contributed by atoms with Gasteiger partial charge >= 0.3 is 0 Å². The first-order valence-corrected chi connectivity index (χ1v) is 7.30. The van der Waals surface area contributed by atoms with Crippen molar-refractivity contribution in [2.24, 2.45) is 0 Å². The summed E-state index contributed by atoms with van der Waals surface area (Å²) in [6.07, 6.45) is 2.35. The van der Waals surface area contributed by atoms with Crippen molar-refractivity contribution >= 4 is 5.65 Å². The van der Waals surface area contributed by atoms with Crippen molar-refractivity contribution in [3.8, 4) is 23.1 Å². The lowest BCUT2D eigenvalue weighted by molar-refractivity contribution is 0.340. The summed E-state index contributed by atoms with van der Waals surface area (Å²) < 4.78 is 7.48. The summed E-state index contributed by atoms with van der Waals surface area (Å²) in [5.41, 5.74) is 4.78. The molecule has 0 radical (unpaired) electrons. The molecule has 4 heteroatoms. The fourth-order valence-electron chi connectivity index (χ4n) is 2.55. The molecule has 0 fully saturated rings. The van der Waals surface area contributed by atoms with E-state index in [9.17, 15) is 0 Å². The minimum atomic E-state index is 0.327. The Kier molecular flexibility index (Phi) is 3.80. The second-order valence-corrected chi connectivity index (χ2v) is 5.13. The van der Waals surface area contributed by atoms with E-state index in [1.807, 2.05) is 60.8 Å². The maximum absolute atomic E-state index is 9.14. The topological polar surface area (TPSA) is 50.3 Å². The van der Waals surface area contributed by atoms with Crippen LogP contribution < -0.4 is 4.74 Å². The van der Waals surface area contributed by atoms with Gasteiger partial charge in [0, 0.05) is 11.8 Å². The number of hydrogen-bond acceptors (Lipinski definition) is 3. The van der Waals surface area contributed by atoms with Crippen molar-refractivity contribution in [2.45, 2.75) is 20.3 Å². The number of nitrogens with zero attached hydrogens (tertiary/aromatic N) is 3. The Balaban J connectivity index is 2.13. The average molecular weight is 291 g/mol. The molecule has 0 unspecified atom stereocenters. The second-order valence-electron chi connectivity index (χ2n) is 5.13. The monoisotopic (exact) mass is 291 g/mol. The van der Waals surface area contributed by atoms with E-state index in [0.29, 0.717) is 13.0 Å². The van der Waals surface area contributed by atoms with Crippen molar-refractivity contribution in [2.75, 3.05) is 6.61 Å². The SMILES string of the molecule is CCOc1ccc(-c2nc3ccc(C)cn3c2CC#N)cc1. The number of benzene rings is 1. The summed E-state index contributed by atoms with van der Waals surface area (Å²) >= 11 is 0. The van der Waals surface area contributed by atoms with Crippen molar-refractivity contribution in [1.29, 1.82) is 5.26 Å². The molecule has 2 heterocycles. The fourth-order valence-corrected chi connectivity index (χ4v) is 2.55. The van der Waals surface area contributed by atoms with Crippen LogP contribution in [-0.2, 0) is 6.42 Å². The molecular formula is C18H17N3O. The Hall–Kier alpha value is -2.80. The number of aryl methyl sites for hydroxylation is 1. The van der Waals surface area contributed by atoms with Crippen LogP contribution in [0.2, 0.25) is 0 Å². The van der Waals surface area contributed by atoms with E-state index in [2.05, 4.69) is 11.1 Å². The first-order valence-electron chi connectivity index (χ1n) is 7.30. The highest BCUT2D eigenvalue weighted by atomic mass is 16.5. The first-order chi connectivity index (χ1) is 10.7. The summed E-state index contributed by atoms with van der Waals surface area (Å²) in [4.78, 5) is 4.69. The van der Waals surface area contributed by atoms with Gasteiger partial charge in [-0.15, -0.1) is 0 Å². The zero-order chi connectivity index (χ0) is 15.5. The Labute approximate surface area is 129 Å². The molecule has 0 bridgehead atoms. The summed E-state index contributed by atoms with van der Waals surface area (Å²) in [5.74, 6) is 0.840. The zero-order valence-corrected chi connectivity index (χ0v) is 12.7. The Morgan fingerprint density at radius 3 is 2.64 bits per heavy atom. The van der Waals surface area contributed by atoms with Crippen molar-refractivity contribution in [3.63, 3.8) is 0 Å². The third kappa shape index (κ3) is 2.53. The molecule has 0 aliphatic carbocycles. The first kappa shape index (κ1) is 14.2. The Morgan fingerprint density at radius 2 is 1.95 bits per heavy atom. The quantitative estimate of drug-likeness (QED) is 0.735. The highest BCUT2D eigenvalue weighted by Crippen LogP contribution is 2.27. The largest absolute Gasteiger partial charge is 0.494 e. The average Bonchev–Trinajstić information content (AvgIpc) is 2.87. The van der Waals surface area contributed by atoms with E-state index in [1.54, 1.807) is 0 Å². The van der Waals surface area contributed by atoms with E-state index in [-0.39, 0.29) is 0 Å². The summed E-state index contributed by atoms with van der Waals surface area (Å²) in [7, 11) is 0. The summed E-state index contributed by atoms with van der Waals surface area (Å²) in [6.45, 7) is 4.64. The molecule has 110 valence electrons. The Bertz CT molecular complexity index is 841. The summed E-state index contributed by atoms with van der Waals surface area (Å²) in [6, 6.07) is 14.1. The van der Waals surface area contributed by atoms with Gasteiger partial charge in [-0.25, -0.2) is 4.98 Å². The molecule has 0 atom stereocenters. The van der Waals surface area contributed by atoms with Crippen LogP contribution in [0.1, 0.15) is 18.2 Å². The summed E-state index contributed by atoms with van der Waals surface area (Å²) in [5, 5.41) is 9.14. The van der Waals surface area contributed by atoms with Gasteiger partial charge in [0.2, 0.25) is 0 Å². The van der Waals surface area contributed by atoms with Crippen LogP contribution in [0.15, 0.2) is 42.6 Å². The predicted octanol–water partition coefficient (Wildman–Crippen LogP) is 3.77. The third-order valence-corrected chi connectivity index (χ3v) is 3.55. The van der Waals surface area contributed by atoms with Gasteiger partial charge in [0.25, 0.3) is 0 Å². The van der Waals surface area contributed by atoms with E-state index < -0.39 is 0 Å². The van der Waals surface area contributed by atoms with E-state index in [0.717, 1.165) is 33.9 Å². The van der Waals surface area contributed by atoms with Crippen LogP contribution in [0.3, 0.4) is 0 Å². The number of hydrogen-bond donors (Lipinski definition) is 0. The molecule has 0 spiro atoms. The molecule has 0 saturated carbocycles. The van der Waals surface area contributed by atoms with E-state index in [1.165, 1.54) is 0 Å². The molecule has 2 aromatic heterocycles. The lowest BCUT2D eigenvalue weighted by Crippen LogP contribution is -1.94. The van der Waals surface area contributed by atoms with Gasteiger partial charge in [0.1, 0.15) is 11.4 Å². The molecule has 1 aromatic carbocycles. The van der Waals surface area contributed by atoms with Gasteiger partial charge in [0.15, 0.2) is 0 Å². The molecule has 4 nitrogen and oxygen atoms in total. The van der Waals surface area contributed by atoms with Gasteiger partial charge in [-0.3, -0.25) is 0 Å². The lowest BCUT2D eigenvalue weighted by Gasteiger charge is -2.05. The minimum absolute atomic E-state index is 0.327. The van der Waals surface area contributed by atoms with Gasteiger partial charge < -0.3 is 9.14 Å². The molecule has 3 rings (SSSR count). The molecule has 0 aliphatic rings. The van der Waals surface area contributed by atoms with Gasteiger partial charge in [0.05, 0.1) is 30.5 Å². The van der Waals surface area contributed by atoms with Crippen LogP contribution in [0, 0.1) is 18.3 Å². The van der Waals surface area contributed by atoms with Crippen LogP contribution in [0.5, 0.6) is 5.75 Å². The number of aromatic nitrogens is 2. The zero-order valence-electron chi connectivity index (χ0n) is 12.7. The Morgan fingerprint density at radius 1 is 1.18 bits per heavy atom. The standard InChI is InChI=1S/C18H17N3O/c1-3-22-15-7-5-14(6-8-15)18-16(10-11-19)21-12-13(2)4-9-17(21)20-18/h4-9,12H,3,10H2,1-2H3. The van der Waals surface area contributed by atoms with Crippen LogP contribution in [0.25, 0.3) is 16.9 Å². The number of rotatable bonds is 4. The van der Waals surface area contributed by atoms with Crippen molar-refractivity contribution < 1.29 is 4.74 Å². The van der Waals surface area contributed by atoms with Crippen LogP contribution in [-0.4, -0.2) is 16.0 Å². The minimum Gasteiger partial charge on any atom is -0.494 e. The number of pyridine rings is 1. The normalized spacial score (nSPS) is 10.6. The van der Waals surface area contributed by atoms with Gasteiger partial charge in [-0.1, -0.05) is 6.07 Å². The van der Waals surface area contributed by atoms with E-state index >= 15 is 0 Å². The van der Waals surface area contributed by atoms with Gasteiger partial charge in [-0.05, 0) is 49.7 Å². The van der Waals surface area contributed by atoms with Crippen LogP contribution in [0.4, 0.5) is 0 Å². The predicted molar refractivity (Wildman–Crippen MR) is 85.9 cm³/mol. The molecule has 0 saturated heterocycles. The van der Waals surface area contributed by atoms with E-state index in [4.69, 9.17) is 10.00 Å². The smallest absolute Gasteiger partial charge is 0.137 e. The van der Waals surface area contributed by atoms with Gasteiger partial charge in [-0.2, -0.15) is 5.26 Å². The fraction of sp³-hybridized carbons (Fsp3) is 0.222. The molecule has 3 aromatic rings. The molecule has 0 N–H and O–H groups in total. The van der Waals surface area contributed by atoms with Crippen LogP contribution >= 0.6 is 0 Å². The third-order valence-electron chi connectivity index (χ3n) is 3.55.